The third kappa shape index (κ3) is 1.97. The van der Waals surface area contributed by atoms with Gasteiger partial charge in [0, 0.05) is 0 Å². The molecule has 0 amide bonds. The zero-order valence-corrected chi connectivity index (χ0v) is 10.8. The van der Waals surface area contributed by atoms with Crippen molar-refractivity contribution in [3.63, 3.8) is 0 Å². The Bertz CT molecular complexity index is 192. The summed E-state index contributed by atoms with van der Waals surface area (Å²) in [6, 6.07) is 0. The van der Waals surface area contributed by atoms with Gasteiger partial charge >= 0.3 is 0 Å². The Balaban J connectivity index is 1.88. The van der Waals surface area contributed by atoms with E-state index in [2.05, 4.69) is 20.8 Å². The summed E-state index contributed by atoms with van der Waals surface area (Å²) < 4.78 is 0. The lowest BCUT2D eigenvalue weighted by molar-refractivity contribution is 0.0452. The van der Waals surface area contributed by atoms with Crippen LogP contribution in [0.15, 0.2) is 0 Å². The van der Waals surface area contributed by atoms with E-state index < -0.39 is 0 Å². The number of hydrogen-bond acceptors (Lipinski definition) is 0. The molecule has 0 aromatic rings. The minimum atomic E-state index is 1.04. The average Bonchev–Trinajstić information content (AvgIpc) is 2.55. The van der Waals surface area contributed by atoms with Gasteiger partial charge in [0.05, 0.1) is 0 Å². The number of rotatable bonds is 5. The van der Waals surface area contributed by atoms with Gasteiger partial charge in [-0.05, 0) is 48.9 Å². The maximum atomic E-state index is 2.39. The van der Waals surface area contributed by atoms with Gasteiger partial charge in [0.1, 0.15) is 0 Å². The normalized spacial score (nSPS) is 39.2. The molecule has 0 aliphatic heterocycles. The highest BCUT2D eigenvalue weighted by Crippen LogP contribution is 2.58. The van der Waals surface area contributed by atoms with Crippen molar-refractivity contribution in [2.24, 2.45) is 29.6 Å². The van der Waals surface area contributed by atoms with Gasteiger partial charge in [-0.3, -0.25) is 0 Å². The summed E-state index contributed by atoms with van der Waals surface area (Å²) >= 11 is 0. The molecule has 0 radical (unpaired) electrons. The van der Waals surface area contributed by atoms with E-state index in [-0.39, 0.29) is 0 Å². The van der Waals surface area contributed by atoms with Crippen LogP contribution < -0.4 is 0 Å². The maximum absolute atomic E-state index is 2.39. The van der Waals surface area contributed by atoms with Crippen LogP contribution in [0.3, 0.4) is 0 Å². The Morgan fingerprint density at radius 3 is 2.33 bits per heavy atom. The summed E-state index contributed by atoms with van der Waals surface area (Å²) in [4.78, 5) is 0. The van der Waals surface area contributed by atoms with Gasteiger partial charge in [-0.15, -0.1) is 0 Å². The Kier molecular flexibility index (Phi) is 3.74. The van der Waals surface area contributed by atoms with Crippen LogP contribution in [-0.4, -0.2) is 0 Å². The van der Waals surface area contributed by atoms with Gasteiger partial charge in [-0.2, -0.15) is 0 Å². The fraction of sp³-hybridized carbons (Fsp3) is 1.00. The zero-order chi connectivity index (χ0) is 10.8. The molecule has 2 aliphatic rings. The standard InChI is InChI=1S/C15H28/c1-4-7-12-10-15-13(8-9-14(12)15)11(5-2)6-3/h11-15H,4-10H2,1-3H3. The van der Waals surface area contributed by atoms with Crippen LogP contribution in [-0.2, 0) is 0 Å². The lowest BCUT2D eigenvalue weighted by Crippen LogP contribution is -2.37. The van der Waals surface area contributed by atoms with E-state index in [0.717, 1.165) is 29.6 Å². The molecular formula is C15H28. The van der Waals surface area contributed by atoms with Crippen molar-refractivity contribution in [1.29, 1.82) is 0 Å². The summed E-state index contributed by atoms with van der Waals surface area (Å²) in [5.41, 5.74) is 0. The second-order valence-corrected chi connectivity index (χ2v) is 5.93. The summed E-state index contributed by atoms with van der Waals surface area (Å²) in [6.45, 7) is 7.13. The van der Waals surface area contributed by atoms with Crippen LogP contribution in [0.2, 0.25) is 0 Å². The lowest BCUT2D eigenvalue weighted by Gasteiger charge is -2.45. The van der Waals surface area contributed by atoms with Crippen molar-refractivity contribution in [3.8, 4) is 0 Å². The molecule has 2 saturated carbocycles. The molecule has 0 heterocycles. The van der Waals surface area contributed by atoms with E-state index in [4.69, 9.17) is 0 Å². The fourth-order valence-corrected chi connectivity index (χ4v) is 4.58. The molecule has 0 aromatic carbocycles. The highest BCUT2D eigenvalue weighted by atomic mass is 14.5. The fourth-order valence-electron chi connectivity index (χ4n) is 4.58. The first-order valence-corrected chi connectivity index (χ1v) is 7.31. The lowest BCUT2D eigenvalue weighted by atomic mass is 9.61. The largest absolute Gasteiger partial charge is 0.0654 e. The van der Waals surface area contributed by atoms with Crippen LogP contribution in [0.5, 0.6) is 0 Å². The molecule has 4 atom stereocenters. The Morgan fingerprint density at radius 1 is 1.00 bits per heavy atom. The van der Waals surface area contributed by atoms with Gasteiger partial charge in [-0.25, -0.2) is 0 Å². The van der Waals surface area contributed by atoms with Crippen molar-refractivity contribution in [3.05, 3.63) is 0 Å². The van der Waals surface area contributed by atoms with Crippen LogP contribution in [0, 0.1) is 29.6 Å². The van der Waals surface area contributed by atoms with Gasteiger partial charge in [0.15, 0.2) is 0 Å². The predicted octanol–water partition coefficient (Wildman–Crippen LogP) is 4.89. The molecule has 0 N–H and O–H groups in total. The second kappa shape index (κ2) is 4.89. The van der Waals surface area contributed by atoms with E-state index in [1.807, 2.05) is 0 Å². The van der Waals surface area contributed by atoms with Gasteiger partial charge in [0.2, 0.25) is 0 Å². The first-order valence-electron chi connectivity index (χ1n) is 7.31. The highest BCUT2D eigenvalue weighted by molar-refractivity contribution is 4.99. The SMILES string of the molecule is CCCC1CC2C(C(CC)CC)CCC12. The zero-order valence-electron chi connectivity index (χ0n) is 10.8. The van der Waals surface area contributed by atoms with Gasteiger partial charge in [0.25, 0.3) is 0 Å². The van der Waals surface area contributed by atoms with Crippen molar-refractivity contribution >= 4 is 0 Å². The van der Waals surface area contributed by atoms with E-state index in [1.165, 1.54) is 25.7 Å². The van der Waals surface area contributed by atoms with Crippen LogP contribution >= 0.6 is 0 Å². The summed E-state index contributed by atoms with van der Waals surface area (Å²) in [7, 11) is 0. The smallest absolute Gasteiger partial charge is 0.0349 e. The van der Waals surface area contributed by atoms with Crippen molar-refractivity contribution in [1.82, 2.24) is 0 Å². The quantitative estimate of drug-likeness (QED) is 0.604. The van der Waals surface area contributed by atoms with E-state index >= 15 is 0 Å². The Hall–Kier alpha value is 0. The van der Waals surface area contributed by atoms with Crippen LogP contribution in [0.1, 0.15) is 65.7 Å². The molecule has 2 rings (SSSR count). The van der Waals surface area contributed by atoms with Crippen molar-refractivity contribution < 1.29 is 0 Å². The molecule has 15 heavy (non-hydrogen) atoms. The maximum Gasteiger partial charge on any atom is -0.0349 e. The van der Waals surface area contributed by atoms with Gasteiger partial charge in [-0.1, -0.05) is 46.5 Å². The monoisotopic (exact) mass is 208 g/mol. The predicted molar refractivity (Wildman–Crippen MR) is 66.8 cm³/mol. The molecule has 4 unspecified atom stereocenters. The Labute approximate surface area is 95.8 Å². The molecule has 0 aromatic heterocycles. The van der Waals surface area contributed by atoms with Crippen molar-refractivity contribution in [2.45, 2.75) is 65.7 Å². The molecule has 2 fully saturated rings. The molecule has 0 nitrogen and oxygen atoms in total. The minimum absolute atomic E-state index is 1.04. The number of fused-ring (bicyclic) bond motifs is 1. The average molecular weight is 208 g/mol. The van der Waals surface area contributed by atoms with E-state index in [1.54, 1.807) is 19.3 Å². The summed E-state index contributed by atoms with van der Waals surface area (Å²) in [6.07, 6.45) is 10.5. The van der Waals surface area contributed by atoms with Crippen LogP contribution in [0.25, 0.3) is 0 Å². The van der Waals surface area contributed by atoms with Crippen LogP contribution in [0.4, 0.5) is 0 Å². The van der Waals surface area contributed by atoms with E-state index in [0.29, 0.717) is 0 Å². The molecule has 88 valence electrons. The summed E-state index contributed by atoms with van der Waals surface area (Å²) in [5.74, 6) is 5.57. The topological polar surface area (TPSA) is 0 Å². The second-order valence-electron chi connectivity index (χ2n) is 5.93. The highest BCUT2D eigenvalue weighted by Gasteiger charge is 2.49. The molecule has 0 saturated heterocycles. The first-order chi connectivity index (χ1) is 7.31. The van der Waals surface area contributed by atoms with E-state index in [9.17, 15) is 0 Å². The minimum Gasteiger partial charge on any atom is -0.0654 e. The van der Waals surface area contributed by atoms with Gasteiger partial charge < -0.3 is 0 Å². The third-order valence-corrected chi connectivity index (χ3v) is 5.43. The molecule has 0 heteroatoms. The summed E-state index contributed by atoms with van der Waals surface area (Å²) in [5, 5.41) is 0. The first kappa shape index (κ1) is 11.5. The molecule has 2 aliphatic carbocycles. The third-order valence-electron chi connectivity index (χ3n) is 5.43. The molecule has 0 bridgehead atoms. The Morgan fingerprint density at radius 2 is 1.73 bits per heavy atom. The number of hydrogen-bond donors (Lipinski definition) is 0. The molecular weight excluding hydrogens is 180 g/mol. The molecule has 0 spiro atoms. The van der Waals surface area contributed by atoms with Crippen molar-refractivity contribution in [2.75, 3.05) is 0 Å².